The number of hydrogen-bond donors (Lipinski definition) is 1. The highest BCUT2D eigenvalue weighted by Crippen LogP contribution is 2.11. The van der Waals surface area contributed by atoms with Gasteiger partial charge in [-0.15, -0.1) is 0 Å². The maximum Gasteiger partial charge on any atom is 0.413 e. The molecule has 1 aromatic rings. The molecule has 0 fully saturated rings. The van der Waals surface area contributed by atoms with Crippen molar-refractivity contribution in [2.45, 2.75) is 19.9 Å². The Morgan fingerprint density at radius 2 is 1.74 bits per heavy atom. The predicted octanol–water partition coefficient (Wildman–Crippen LogP) is 1.21. The molecule has 6 heteroatoms. The van der Waals surface area contributed by atoms with Crippen LogP contribution in [0, 0.1) is 6.92 Å². The lowest BCUT2D eigenvalue weighted by molar-refractivity contribution is -0.145. The molecule has 0 aromatic heterocycles. The molecule has 0 radical (unpaired) electrons. The Labute approximate surface area is 110 Å². The molecular formula is C13H15NO5. The Morgan fingerprint density at radius 1 is 1.16 bits per heavy atom. The highest BCUT2D eigenvalue weighted by atomic mass is 16.6. The molecule has 0 aliphatic carbocycles. The van der Waals surface area contributed by atoms with E-state index in [1.165, 1.54) is 6.92 Å². The fourth-order valence-corrected chi connectivity index (χ4v) is 1.31. The molecule has 1 unspecified atom stereocenters. The summed E-state index contributed by atoms with van der Waals surface area (Å²) in [5.74, 6) is -1.06. The Hall–Kier alpha value is -2.37. The van der Waals surface area contributed by atoms with Crippen LogP contribution in [-0.2, 0) is 14.3 Å². The topological polar surface area (TPSA) is 81.7 Å². The van der Waals surface area contributed by atoms with E-state index in [2.05, 4.69) is 10.1 Å². The number of esters is 1. The summed E-state index contributed by atoms with van der Waals surface area (Å²) in [6.07, 6.45) is -0.894. The van der Waals surface area contributed by atoms with Gasteiger partial charge in [-0.05, 0) is 26.0 Å². The molecule has 1 atom stereocenters. The third-order valence-corrected chi connectivity index (χ3v) is 2.34. The number of amides is 1. The molecule has 0 aliphatic heterocycles. The van der Waals surface area contributed by atoms with Gasteiger partial charge in [0.15, 0.2) is 11.8 Å². The van der Waals surface area contributed by atoms with E-state index < -0.39 is 23.9 Å². The molecule has 0 heterocycles. The number of Topliss-reactive ketones (excluding diaryl/α,β-unsaturated/α-hetero) is 1. The number of carbonyl (C=O) groups excluding carboxylic acids is 3. The quantitative estimate of drug-likeness (QED) is 0.653. The van der Waals surface area contributed by atoms with Gasteiger partial charge in [-0.2, -0.15) is 0 Å². The summed E-state index contributed by atoms with van der Waals surface area (Å²) in [6.45, 7) is 3.07. The molecular weight excluding hydrogens is 250 g/mol. The summed E-state index contributed by atoms with van der Waals surface area (Å²) in [5, 5.41) is 2.15. The maximum atomic E-state index is 11.5. The second kappa shape index (κ2) is 6.53. The number of carbonyl (C=O) groups is 3. The largest absolute Gasteiger partial charge is 0.467 e. The van der Waals surface area contributed by atoms with E-state index >= 15 is 0 Å². The molecule has 0 aliphatic rings. The summed E-state index contributed by atoms with van der Waals surface area (Å²) in [5.41, 5.74) is 1.02. The Kier molecular flexibility index (Phi) is 5.05. The van der Waals surface area contributed by atoms with Crippen LogP contribution < -0.4 is 10.1 Å². The van der Waals surface area contributed by atoms with Crippen molar-refractivity contribution >= 4 is 17.8 Å². The van der Waals surface area contributed by atoms with Crippen LogP contribution in [0.4, 0.5) is 4.79 Å². The van der Waals surface area contributed by atoms with Gasteiger partial charge in [-0.25, -0.2) is 9.59 Å². The number of rotatable bonds is 4. The zero-order chi connectivity index (χ0) is 14.4. The average Bonchev–Trinajstić information content (AvgIpc) is 2.37. The highest BCUT2D eigenvalue weighted by molar-refractivity contribution is 6.04. The van der Waals surface area contributed by atoms with Crippen molar-refractivity contribution in [1.82, 2.24) is 5.32 Å². The molecule has 19 heavy (non-hydrogen) atoms. The first kappa shape index (κ1) is 14.7. The first-order valence-corrected chi connectivity index (χ1v) is 5.57. The van der Waals surface area contributed by atoms with Crippen molar-refractivity contribution in [2.24, 2.45) is 0 Å². The van der Waals surface area contributed by atoms with Gasteiger partial charge in [0.25, 0.3) is 0 Å². The third kappa shape index (κ3) is 4.42. The van der Waals surface area contributed by atoms with Gasteiger partial charge in [0.05, 0.1) is 7.11 Å². The van der Waals surface area contributed by atoms with Gasteiger partial charge in [0.1, 0.15) is 5.75 Å². The smallest absolute Gasteiger partial charge is 0.413 e. The number of ketones is 1. The van der Waals surface area contributed by atoms with Crippen molar-refractivity contribution in [3.05, 3.63) is 29.8 Å². The second-order valence-electron chi connectivity index (χ2n) is 3.91. The van der Waals surface area contributed by atoms with E-state index in [1.54, 1.807) is 24.3 Å². The van der Waals surface area contributed by atoms with Crippen molar-refractivity contribution in [3.8, 4) is 5.75 Å². The summed E-state index contributed by atoms with van der Waals surface area (Å²) in [6, 6.07) is 5.39. The fourth-order valence-electron chi connectivity index (χ4n) is 1.31. The number of hydrogen-bond acceptors (Lipinski definition) is 5. The van der Waals surface area contributed by atoms with Crippen molar-refractivity contribution < 1.29 is 23.9 Å². The number of nitrogens with one attached hydrogen (secondary N) is 1. The van der Waals surface area contributed by atoms with Crippen molar-refractivity contribution in [1.29, 1.82) is 0 Å². The second-order valence-corrected chi connectivity index (χ2v) is 3.91. The van der Waals surface area contributed by atoms with Crippen LogP contribution in [0.15, 0.2) is 24.3 Å². The van der Waals surface area contributed by atoms with Crippen LogP contribution in [0.1, 0.15) is 12.5 Å². The van der Waals surface area contributed by atoms with E-state index in [1.807, 2.05) is 6.92 Å². The minimum Gasteiger partial charge on any atom is -0.467 e. The van der Waals surface area contributed by atoms with Gasteiger partial charge >= 0.3 is 12.1 Å². The summed E-state index contributed by atoms with van der Waals surface area (Å²) in [7, 11) is 1.13. The zero-order valence-electron chi connectivity index (χ0n) is 10.9. The van der Waals surface area contributed by atoms with Gasteiger partial charge in [0.2, 0.25) is 0 Å². The van der Waals surface area contributed by atoms with Crippen LogP contribution >= 0.6 is 0 Å². The van der Waals surface area contributed by atoms with E-state index in [9.17, 15) is 14.4 Å². The van der Waals surface area contributed by atoms with E-state index in [0.717, 1.165) is 12.7 Å². The summed E-state index contributed by atoms with van der Waals surface area (Å²) >= 11 is 0. The molecule has 1 rings (SSSR count). The van der Waals surface area contributed by atoms with Gasteiger partial charge in [-0.1, -0.05) is 17.7 Å². The number of aryl methyl sites for hydroxylation is 1. The Balaban J connectivity index is 2.65. The lowest BCUT2D eigenvalue weighted by atomic mass is 10.2. The van der Waals surface area contributed by atoms with E-state index in [-0.39, 0.29) is 0 Å². The number of benzene rings is 1. The number of methoxy groups -OCH3 is 1. The fraction of sp³-hybridized carbons (Fsp3) is 0.308. The Morgan fingerprint density at radius 3 is 2.21 bits per heavy atom. The maximum absolute atomic E-state index is 11.5. The molecule has 0 spiro atoms. The highest BCUT2D eigenvalue weighted by Gasteiger charge is 2.26. The summed E-state index contributed by atoms with van der Waals surface area (Å²) in [4.78, 5) is 34.0. The van der Waals surface area contributed by atoms with Crippen LogP contribution in [-0.4, -0.2) is 31.0 Å². The van der Waals surface area contributed by atoms with Crippen LogP contribution in [0.5, 0.6) is 5.75 Å². The Bertz CT molecular complexity index is 480. The van der Waals surface area contributed by atoms with E-state index in [4.69, 9.17) is 4.74 Å². The SMILES string of the molecule is COC(=O)C(NC(=O)Oc1ccc(C)cc1)C(C)=O. The van der Waals surface area contributed by atoms with E-state index in [0.29, 0.717) is 5.75 Å². The molecule has 0 bridgehead atoms. The summed E-state index contributed by atoms with van der Waals surface area (Å²) < 4.78 is 9.35. The number of ether oxygens (including phenoxy) is 2. The zero-order valence-corrected chi connectivity index (χ0v) is 10.9. The van der Waals surface area contributed by atoms with Gasteiger partial charge in [-0.3, -0.25) is 4.79 Å². The molecule has 6 nitrogen and oxygen atoms in total. The normalized spacial score (nSPS) is 11.3. The van der Waals surface area contributed by atoms with Crippen molar-refractivity contribution in [3.63, 3.8) is 0 Å². The van der Waals surface area contributed by atoms with Crippen LogP contribution in [0.3, 0.4) is 0 Å². The molecule has 102 valence electrons. The van der Waals surface area contributed by atoms with Crippen molar-refractivity contribution in [2.75, 3.05) is 7.11 Å². The first-order valence-electron chi connectivity index (χ1n) is 5.57. The lowest BCUT2D eigenvalue weighted by Gasteiger charge is -2.13. The lowest BCUT2D eigenvalue weighted by Crippen LogP contribution is -2.47. The minimum atomic E-state index is -1.36. The monoisotopic (exact) mass is 265 g/mol. The molecule has 0 saturated heterocycles. The molecule has 1 aromatic carbocycles. The van der Waals surface area contributed by atoms with Gasteiger partial charge < -0.3 is 14.8 Å². The molecule has 1 amide bonds. The molecule has 0 saturated carbocycles. The van der Waals surface area contributed by atoms with Crippen LogP contribution in [0.25, 0.3) is 0 Å². The standard InChI is InChI=1S/C13H15NO5/c1-8-4-6-10(7-5-8)19-13(17)14-11(9(2)15)12(16)18-3/h4-7,11H,1-3H3,(H,14,17). The first-order chi connectivity index (χ1) is 8.93. The predicted molar refractivity (Wildman–Crippen MR) is 66.8 cm³/mol. The van der Waals surface area contributed by atoms with Crippen LogP contribution in [0.2, 0.25) is 0 Å². The third-order valence-electron chi connectivity index (χ3n) is 2.34. The molecule has 1 N–H and O–H groups in total. The minimum absolute atomic E-state index is 0.315. The van der Waals surface area contributed by atoms with Gasteiger partial charge in [0, 0.05) is 0 Å². The average molecular weight is 265 g/mol.